The lowest BCUT2D eigenvalue weighted by Gasteiger charge is -2.42. The van der Waals surface area contributed by atoms with Crippen LogP contribution >= 0.6 is 0 Å². The SMILES string of the molecule is O=C(NCC1(CN2CCOCC2)CCCCC1)C(F)C1CNC1. The third-order valence-electron chi connectivity index (χ3n) is 5.69. The molecule has 0 spiro atoms. The van der Waals surface area contributed by atoms with Crippen LogP contribution in [0.3, 0.4) is 0 Å². The Morgan fingerprint density at radius 2 is 1.96 bits per heavy atom. The van der Waals surface area contributed by atoms with Crippen molar-refractivity contribution < 1.29 is 13.9 Å². The number of rotatable bonds is 6. The summed E-state index contributed by atoms with van der Waals surface area (Å²) >= 11 is 0. The number of morpholine rings is 1. The molecule has 2 heterocycles. The quantitative estimate of drug-likeness (QED) is 0.762. The van der Waals surface area contributed by atoms with Gasteiger partial charge in [0, 0.05) is 50.6 Å². The Balaban J connectivity index is 1.53. The minimum absolute atomic E-state index is 0.114. The topological polar surface area (TPSA) is 53.6 Å². The van der Waals surface area contributed by atoms with Gasteiger partial charge in [-0.3, -0.25) is 9.69 Å². The predicted octanol–water partition coefficient (Wildman–Crippen LogP) is 0.943. The van der Waals surface area contributed by atoms with Crippen LogP contribution in [0.15, 0.2) is 0 Å². The maximum Gasteiger partial charge on any atom is 0.254 e. The lowest BCUT2D eigenvalue weighted by Crippen LogP contribution is -2.54. The largest absolute Gasteiger partial charge is 0.379 e. The average Bonchev–Trinajstić information content (AvgIpc) is 2.53. The Morgan fingerprint density at radius 3 is 2.57 bits per heavy atom. The summed E-state index contributed by atoms with van der Waals surface area (Å²) in [6.45, 7) is 6.38. The van der Waals surface area contributed by atoms with Crippen molar-refractivity contribution in [1.29, 1.82) is 0 Å². The number of hydrogen-bond donors (Lipinski definition) is 2. The lowest BCUT2D eigenvalue weighted by atomic mass is 9.73. The number of nitrogens with one attached hydrogen (secondary N) is 2. The first kappa shape index (κ1) is 17.1. The van der Waals surface area contributed by atoms with E-state index in [0.29, 0.717) is 19.6 Å². The Morgan fingerprint density at radius 1 is 1.26 bits per heavy atom. The normalized spacial score (nSPS) is 27.2. The number of halogens is 1. The second-order valence-electron chi connectivity index (χ2n) is 7.49. The molecule has 0 aromatic carbocycles. The minimum atomic E-state index is -1.36. The summed E-state index contributed by atoms with van der Waals surface area (Å²) in [6, 6.07) is 0. The van der Waals surface area contributed by atoms with Crippen LogP contribution in [-0.2, 0) is 9.53 Å². The van der Waals surface area contributed by atoms with E-state index in [4.69, 9.17) is 4.74 Å². The molecule has 2 saturated heterocycles. The van der Waals surface area contributed by atoms with Crippen LogP contribution < -0.4 is 10.6 Å². The molecule has 1 aliphatic carbocycles. The van der Waals surface area contributed by atoms with E-state index in [-0.39, 0.29) is 11.3 Å². The number of alkyl halides is 1. The molecule has 23 heavy (non-hydrogen) atoms. The molecule has 1 atom stereocenters. The highest BCUT2D eigenvalue weighted by atomic mass is 19.1. The van der Waals surface area contributed by atoms with Crippen molar-refractivity contribution in [3.05, 3.63) is 0 Å². The summed E-state index contributed by atoms with van der Waals surface area (Å²) < 4.78 is 19.5. The van der Waals surface area contributed by atoms with Gasteiger partial charge in [0.25, 0.3) is 5.91 Å². The van der Waals surface area contributed by atoms with Gasteiger partial charge in [0.2, 0.25) is 0 Å². The molecule has 0 aromatic rings. The molecule has 1 saturated carbocycles. The van der Waals surface area contributed by atoms with Crippen LogP contribution in [0.4, 0.5) is 4.39 Å². The van der Waals surface area contributed by atoms with E-state index < -0.39 is 12.1 Å². The summed E-state index contributed by atoms with van der Waals surface area (Å²) in [5.41, 5.74) is 0.114. The molecule has 3 rings (SSSR count). The molecule has 5 nitrogen and oxygen atoms in total. The fourth-order valence-corrected chi connectivity index (χ4v) is 4.03. The van der Waals surface area contributed by atoms with Gasteiger partial charge in [0.1, 0.15) is 0 Å². The molecule has 2 aliphatic heterocycles. The van der Waals surface area contributed by atoms with Gasteiger partial charge in [-0.15, -0.1) is 0 Å². The van der Waals surface area contributed by atoms with Crippen molar-refractivity contribution >= 4 is 5.91 Å². The van der Waals surface area contributed by atoms with Crippen LogP contribution in [-0.4, -0.2) is 69.5 Å². The fourth-order valence-electron chi connectivity index (χ4n) is 4.03. The molecule has 3 fully saturated rings. The standard InChI is InChI=1S/C17H30FN3O2/c18-15(14-10-19-11-14)16(22)20-12-17(4-2-1-3-5-17)13-21-6-8-23-9-7-21/h14-15,19H,1-13H2,(H,20,22). The van der Waals surface area contributed by atoms with Crippen LogP contribution in [0.2, 0.25) is 0 Å². The van der Waals surface area contributed by atoms with Gasteiger partial charge in [-0.1, -0.05) is 19.3 Å². The number of hydrogen-bond acceptors (Lipinski definition) is 4. The van der Waals surface area contributed by atoms with Gasteiger partial charge < -0.3 is 15.4 Å². The van der Waals surface area contributed by atoms with Crippen LogP contribution in [0.25, 0.3) is 0 Å². The van der Waals surface area contributed by atoms with E-state index in [1.165, 1.54) is 19.3 Å². The van der Waals surface area contributed by atoms with E-state index in [1.807, 2.05) is 0 Å². The van der Waals surface area contributed by atoms with Crippen LogP contribution in [0.5, 0.6) is 0 Å². The Kier molecular flexibility index (Phi) is 5.88. The highest BCUT2D eigenvalue weighted by Gasteiger charge is 2.37. The third-order valence-corrected chi connectivity index (χ3v) is 5.69. The maximum atomic E-state index is 14.1. The van der Waals surface area contributed by atoms with E-state index in [1.54, 1.807) is 0 Å². The zero-order chi connectivity index (χ0) is 16.1. The van der Waals surface area contributed by atoms with Gasteiger partial charge in [-0.2, -0.15) is 0 Å². The summed E-state index contributed by atoms with van der Waals surface area (Å²) in [5, 5.41) is 5.96. The third kappa shape index (κ3) is 4.43. The molecule has 0 aromatic heterocycles. The van der Waals surface area contributed by atoms with E-state index in [2.05, 4.69) is 15.5 Å². The van der Waals surface area contributed by atoms with Crippen molar-refractivity contribution in [2.45, 2.75) is 38.3 Å². The van der Waals surface area contributed by atoms with Crippen LogP contribution in [0.1, 0.15) is 32.1 Å². The van der Waals surface area contributed by atoms with Crippen molar-refractivity contribution in [2.75, 3.05) is 52.5 Å². The van der Waals surface area contributed by atoms with E-state index in [0.717, 1.165) is 45.7 Å². The fraction of sp³-hybridized carbons (Fsp3) is 0.941. The first-order valence-corrected chi connectivity index (χ1v) is 9.11. The summed E-state index contributed by atoms with van der Waals surface area (Å²) in [7, 11) is 0. The summed E-state index contributed by atoms with van der Waals surface area (Å²) in [6.07, 6.45) is 4.61. The highest BCUT2D eigenvalue weighted by molar-refractivity contribution is 5.81. The van der Waals surface area contributed by atoms with Crippen molar-refractivity contribution in [1.82, 2.24) is 15.5 Å². The second-order valence-corrected chi connectivity index (χ2v) is 7.49. The van der Waals surface area contributed by atoms with Gasteiger partial charge in [0.15, 0.2) is 6.17 Å². The first-order chi connectivity index (χ1) is 11.2. The zero-order valence-electron chi connectivity index (χ0n) is 14.0. The zero-order valence-corrected chi connectivity index (χ0v) is 14.0. The average molecular weight is 327 g/mol. The Hall–Kier alpha value is -0.720. The lowest BCUT2D eigenvalue weighted by molar-refractivity contribution is -0.129. The highest BCUT2D eigenvalue weighted by Crippen LogP contribution is 2.37. The smallest absolute Gasteiger partial charge is 0.254 e. The van der Waals surface area contributed by atoms with Gasteiger partial charge in [-0.05, 0) is 12.8 Å². The van der Waals surface area contributed by atoms with Gasteiger partial charge in [0.05, 0.1) is 13.2 Å². The van der Waals surface area contributed by atoms with Crippen molar-refractivity contribution in [2.24, 2.45) is 11.3 Å². The molecule has 0 bridgehead atoms. The number of ether oxygens (including phenoxy) is 1. The number of nitrogens with zero attached hydrogens (tertiary/aromatic N) is 1. The number of amides is 1. The van der Waals surface area contributed by atoms with Crippen LogP contribution in [0, 0.1) is 11.3 Å². The molecule has 0 radical (unpaired) electrons. The Bertz CT molecular complexity index is 391. The minimum Gasteiger partial charge on any atom is -0.379 e. The summed E-state index contributed by atoms with van der Waals surface area (Å²) in [4.78, 5) is 14.6. The van der Waals surface area contributed by atoms with Crippen molar-refractivity contribution in [3.63, 3.8) is 0 Å². The monoisotopic (exact) mass is 327 g/mol. The second kappa shape index (κ2) is 7.90. The summed E-state index contributed by atoms with van der Waals surface area (Å²) in [5.74, 6) is -0.556. The molecule has 1 unspecified atom stereocenters. The maximum absolute atomic E-state index is 14.1. The molecule has 2 N–H and O–H groups in total. The number of carbonyl (C=O) groups excluding carboxylic acids is 1. The Labute approximate surface area is 138 Å². The predicted molar refractivity (Wildman–Crippen MR) is 87.0 cm³/mol. The van der Waals surface area contributed by atoms with Crippen molar-refractivity contribution in [3.8, 4) is 0 Å². The first-order valence-electron chi connectivity index (χ1n) is 9.11. The molecule has 1 amide bonds. The molecule has 132 valence electrons. The van der Waals surface area contributed by atoms with E-state index >= 15 is 0 Å². The number of carbonyl (C=O) groups is 1. The van der Waals surface area contributed by atoms with Gasteiger partial charge in [-0.25, -0.2) is 4.39 Å². The van der Waals surface area contributed by atoms with Gasteiger partial charge >= 0.3 is 0 Å². The molecule has 6 heteroatoms. The molecule has 3 aliphatic rings. The molecular weight excluding hydrogens is 297 g/mol. The molecular formula is C17H30FN3O2. The van der Waals surface area contributed by atoms with E-state index in [9.17, 15) is 9.18 Å².